The molecule has 0 unspecified atom stereocenters. The van der Waals surface area contributed by atoms with Crippen LogP contribution in [-0.2, 0) is 6.54 Å². The molecule has 1 aliphatic rings. The van der Waals surface area contributed by atoms with Gasteiger partial charge in [0.2, 0.25) is 0 Å². The Morgan fingerprint density at radius 3 is 3.00 bits per heavy atom. The Bertz CT molecular complexity index is 229. The third kappa shape index (κ3) is 1.52. The molecule has 12 heavy (non-hydrogen) atoms. The summed E-state index contributed by atoms with van der Waals surface area (Å²) in [5, 5.41) is 3.25. The van der Waals surface area contributed by atoms with Gasteiger partial charge in [0, 0.05) is 19.1 Å². The van der Waals surface area contributed by atoms with Gasteiger partial charge in [0.15, 0.2) is 0 Å². The van der Waals surface area contributed by atoms with Crippen LogP contribution in [0.15, 0.2) is 22.8 Å². The first kappa shape index (κ1) is 7.83. The normalized spacial score (nSPS) is 18.2. The highest BCUT2D eigenvalue weighted by Gasteiger charge is 2.21. The van der Waals surface area contributed by atoms with Gasteiger partial charge in [-0.15, -0.1) is 0 Å². The lowest BCUT2D eigenvalue weighted by molar-refractivity contribution is 0.162. The quantitative estimate of drug-likeness (QED) is 0.716. The van der Waals surface area contributed by atoms with Gasteiger partial charge in [-0.3, -0.25) is 4.90 Å². The molecule has 1 aromatic heterocycles. The Morgan fingerprint density at radius 2 is 2.50 bits per heavy atom. The molecule has 1 N–H and O–H groups in total. The summed E-state index contributed by atoms with van der Waals surface area (Å²) in [6, 6.07) is 4.64. The van der Waals surface area contributed by atoms with Crippen LogP contribution in [0.1, 0.15) is 5.76 Å². The van der Waals surface area contributed by atoms with Crippen molar-refractivity contribution in [2.75, 3.05) is 20.1 Å². The van der Waals surface area contributed by atoms with Crippen molar-refractivity contribution >= 4 is 0 Å². The van der Waals surface area contributed by atoms with Gasteiger partial charge in [-0.25, -0.2) is 0 Å². The molecular weight excluding hydrogens is 152 g/mol. The molecule has 1 fully saturated rings. The van der Waals surface area contributed by atoms with E-state index in [-0.39, 0.29) is 0 Å². The maximum atomic E-state index is 5.26. The lowest BCUT2D eigenvalue weighted by Gasteiger charge is -2.35. The predicted molar refractivity (Wildman–Crippen MR) is 46.8 cm³/mol. The molecule has 2 rings (SSSR count). The fourth-order valence-electron chi connectivity index (χ4n) is 1.36. The second-order valence-electron chi connectivity index (χ2n) is 3.31. The molecule has 3 heteroatoms. The second kappa shape index (κ2) is 3.29. The molecule has 0 radical (unpaired) electrons. The van der Waals surface area contributed by atoms with Crippen molar-refractivity contribution in [3.8, 4) is 0 Å². The van der Waals surface area contributed by atoms with Crippen LogP contribution in [0.3, 0.4) is 0 Å². The lowest BCUT2D eigenvalue weighted by Crippen LogP contribution is -2.55. The lowest BCUT2D eigenvalue weighted by atomic mass is 10.1. The molecule has 0 bridgehead atoms. The minimum absolute atomic E-state index is 0.690. The molecular formula is C9H14N2O. The molecule has 0 aromatic carbocycles. The first-order valence-electron chi connectivity index (χ1n) is 4.29. The molecule has 0 aliphatic carbocycles. The molecule has 0 saturated carbocycles. The minimum Gasteiger partial charge on any atom is -0.468 e. The Hall–Kier alpha value is -0.800. The number of hydrogen-bond acceptors (Lipinski definition) is 3. The molecule has 1 saturated heterocycles. The fourth-order valence-corrected chi connectivity index (χ4v) is 1.36. The van der Waals surface area contributed by atoms with Crippen molar-refractivity contribution in [2.24, 2.45) is 0 Å². The number of furan rings is 1. The molecule has 1 aromatic rings. The minimum atomic E-state index is 0.690. The van der Waals surface area contributed by atoms with E-state index in [1.54, 1.807) is 6.26 Å². The van der Waals surface area contributed by atoms with Crippen molar-refractivity contribution in [3.05, 3.63) is 24.2 Å². The maximum absolute atomic E-state index is 5.26. The van der Waals surface area contributed by atoms with Crippen LogP contribution in [0.5, 0.6) is 0 Å². The van der Waals surface area contributed by atoms with E-state index in [9.17, 15) is 0 Å². The van der Waals surface area contributed by atoms with Crippen molar-refractivity contribution in [2.45, 2.75) is 12.6 Å². The van der Waals surface area contributed by atoms with Gasteiger partial charge in [-0.1, -0.05) is 0 Å². The third-order valence-electron chi connectivity index (χ3n) is 2.37. The maximum Gasteiger partial charge on any atom is 0.117 e. The number of likely N-dealkylation sites (N-methyl/N-ethyl adjacent to an activating group) is 1. The summed E-state index contributed by atoms with van der Waals surface area (Å²) in [5.41, 5.74) is 0. The zero-order valence-corrected chi connectivity index (χ0v) is 7.29. The molecule has 0 spiro atoms. The molecule has 3 nitrogen and oxygen atoms in total. The average Bonchev–Trinajstić information content (AvgIpc) is 2.34. The zero-order valence-electron chi connectivity index (χ0n) is 7.29. The molecule has 0 atom stereocenters. The van der Waals surface area contributed by atoms with E-state index < -0.39 is 0 Å². The van der Waals surface area contributed by atoms with E-state index in [1.807, 2.05) is 12.1 Å². The summed E-state index contributed by atoms with van der Waals surface area (Å²) >= 11 is 0. The van der Waals surface area contributed by atoms with Crippen LogP contribution in [0.4, 0.5) is 0 Å². The summed E-state index contributed by atoms with van der Waals surface area (Å²) in [4.78, 5) is 2.31. The van der Waals surface area contributed by atoms with Gasteiger partial charge in [0.1, 0.15) is 5.76 Å². The van der Waals surface area contributed by atoms with Crippen molar-refractivity contribution < 1.29 is 4.42 Å². The van der Waals surface area contributed by atoms with E-state index in [2.05, 4.69) is 17.3 Å². The Balaban J connectivity index is 1.86. The molecule has 2 heterocycles. The summed E-state index contributed by atoms with van der Waals surface area (Å²) in [7, 11) is 2.13. The zero-order chi connectivity index (χ0) is 8.39. The smallest absolute Gasteiger partial charge is 0.117 e. The highest BCUT2D eigenvalue weighted by molar-refractivity contribution is 4.98. The summed E-state index contributed by atoms with van der Waals surface area (Å²) < 4.78 is 5.26. The molecule has 1 aliphatic heterocycles. The summed E-state index contributed by atoms with van der Waals surface area (Å²) in [6.45, 7) is 3.13. The van der Waals surface area contributed by atoms with Gasteiger partial charge in [-0.2, -0.15) is 0 Å². The van der Waals surface area contributed by atoms with Crippen LogP contribution >= 0.6 is 0 Å². The van der Waals surface area contributed by atoms with Gasteiger partial charge < -0.3 is 9.73 Å². The topological polar surface area (TPSA) is 28.4 Å². The number of nitrogens with one attached hydrogen (secondary N) is 1. The standard InChI is InChI=1S/C9H14N2O/c1-11(8-5-10-6-8)7-9-3-2-4-12-9/h2-4,8,10H,5-7H2,1H3. The van der Waals surface area contributed by atoms with Gasteiger partial charge in [0.05, 0.1) is 12.8 Å². The average molecular weight is 166 g/mol. The highest BCUT2D eigenvalue weighted by Crippen LogP contribution is 2.08. The SMILES string of the molecule is CN(Cc1ccco1)C1CNC1. The Labute approximate surface area is 72.4 Å². The van der Waals surface area contributed by atoms with Crippen molar-refractivity contribution in [1.29, 1.82) is 0 Å². The van der Waals surface area contributed by atoms with Gasteiger partial charge in [-0.05, 0) is 19.2 Å². The molecule has 0 amide bonds. The van der Waals surface area contributed by atoms with Crippen LogP contribution < -0.4 is 5.32 Å². The van der Waals surface area contributed by atoms with Crippen LogP contribution in [0.2, 0.25) is 0 Å². The van der Waals surface area contributed by atoms with Crippen LogP contribution in [-0.4, -0.2) is 31.1 Å². The van der Waals surface area contributed by atoms with E-state index >= 15 is 0 Å². The van der Waals surface area contributed by atoms with Crippen molar-refractivity contribution in [3.63, 3.8) is 0 Å². The summed E-state index contributed by atoms with van der Waals surface area (Å²) in [5.74, 6) is 1.05. The van der Waals surface area contributed by atoms with E-state index in [0.717, 1.165) is 25.4 Å². The predicted octanol–water partition coefficient (Wildman–Crippen LogP) is 0.683. The van der Waals surface area contributed by atoms with Gasteiger partial charge in [0.25, 0.3) is 0 Å². The number of rotatable bonds is 3. The Morgan fingerprint density at radius 1 is 1.67 bits per heavy atom. The van der Waals surface area contributed by atoms with Gasteiger partial charge >= 0.3 is 0 Å². The van der Waals surface area contributed by atoms with Crippen LogP contribution in [0, 0.1) is 0 Å². The summed E-state index contributed by atoms with van der Waals surface area (Å²) in [6.07, 6.45) is 1.72. The van der Waals surface area contributed by atoms with Crippen molar-refractivity contribution in [1.82, 2.24) is 10.2 Å². The number of hydrogen-bond donors (Lipinski definition) is 1. The largest absolute Gasteiger partial charge is 0.468 e. The van der Waals surface area contributed by atoms with Crippen LogP contribution in [0.25, 0.3) is 0 Å². The fraction of sp³-hybridized carbons (Fsp3) is 0.556. The first-order chi connectivity index (χ1) is 5.86. The monoisotopic (exact) mass is 166 g/mol. The molecule has 66 valence electrons. The van der Waals surface area contributed by atoms with E-state index in [0.29, 0.717) is 6.04 Å². The highest BCUT2D eigenvalue weighted by atomic mass is 16.3. The van der Waals surface area contributed by atoms with E-state index in [4.69, 9.17) is 4.42 Å². The second-order valence-corrected chi connectivity index (χ2v) is 3.31. The van der Waals surface area contributed by atoms with E-state index in [1.165, 1.54) is 0 Å². The third-order valence-corrected chi connectivity index (χ3v) is 2.37. The first-order valence-corrected chi connectivity index (χ1v) is 4.29. The Kier molecular flexibility index (Phi) is 2.15. The number of nitrogens with zero attached hydrogens (tertiary/aromatic N) is 1.